The fourth-order valence-electron chi connectivity index (χ4n) is 3.36. The second-order valence-corrected chi connectivity index (χ2v) is 9.65. The lowest BCUT2D eigenvalue weighted by molar-refractivity contribution is -0.116. The summed E-state index contributed by atoms with van der Waals surface area (Å²) in [5.74, 6) is -0.527. The predicted octanol–water partition coefficient (Wildman–Crippen LogP) is 6.89. The van der Waals surface area contributed by atoms with Crippen LogP contribution < -0.4 is 10.1 Å². The van der Waals surface area contributed by atoms with Crippen LogP contribution in [0.1, 0.15) is 96.8 Å². The third-order valence-electron chi connectivity index (χ3n) is 5.18. The number of unbranched alkanes of at least 4 members (excludes halogenated alkanes) is 11. The average molecular weight is 468 g/mol. The number of nitrogens with one attached hydrogen (secondary N) is 1. The number of carbonyl (C=O) groups excluding carboxylic acids is 1. The molecule has 182 valence electrons. The number of allylic oxidation sites excluding steroid dienone is 2. The van der Waals surface area contributed by atoms with Crippen LogP contribution in [-0.4, -0.2) is 24.8 Å². The molecule has 32 heavy (non-hydrogen) atoms. The molecule has 1 aromatic carbocycles. The van der Waals surface area contributed by atoms with Crippen molar-refractivity contribution in [3.8, 4) is 5.75 Å². The van der Waals surface area contributed by atoms with Crippen molar-refractivity contribution in [1.29, 1.82) is 0 Å². The molecule has 0 bridgehead atoms. The highest BCUT2D eigenvalue weighted by molar-refractivity contribution is 7.85. The Morgan fingerprint density at radius 3 is 1.97 bits per heavy atom. The third-order valence-corrected chi connectivity index (χ3v) is 5.59. The van der Waals surface area contributed by atoms with Crippen LogP contribution in [-0.2, 0) is 14.9 Å². The first-order chi connectivity index (χ1) is 15.4. The van der Waals surface area contributed by atoms with Crippen molar-refractivity contribution < 1.29 is 22.5 Å². The van der Waals surface area contributed by atoms with Gasteiger partial charge in [-0.25, -0.2) is 0 Å². The summed E-state index contributed by atoms with van der Waals surface area (Å²) in [5.41, 5.74) is 0.627. The average Bonchev–Trinajstić information content (AvgIpc) is 2.75. The van der Waals surface area contributed by atoms with Crippen molar-refractivity contribution in [2.45, 2.75) is 96.8 Å². The Labute approximate surface area is 194 Å². The maximum atomic E-state index is 12.0. The monoisotopic (exact) mass is 467 g/mol. The van der Waals surface area contributed by atoms with E-state index in [4.69, 9.17) is 9.29 Å². The molecule has 0 saturated carbocycles. The molecule has 0 aliphatic heterocycles. The number of hydrogen-bond acceptors (Lipinski definition) is 4. The van der Waals surface area contributed by atoms with Crippen molar-refractivity contribution in [3.05, 3.63) is 36.4 Å². The van der Waals surface area contributed by atoms with Gasteiger partial charge in [-0.2, -0.15) is 8.42 Å². The molecule has 0 atom stereocenters. The summed E-state index contributed by atoms with van der Waals surface area (Å²) >= 11 is 0. The third kappa shape index (κ3) is 16.8. The van der Waals surface area contributed by atoms with Crippen LogP contribution in [0.4, 0.5) is 5.69 Å². The molecule has 1 amide bonds. The van der Waals surface area contributed by atoms with Gasteiger partial charge in [-0.05, 0) is 56.4 Å². The minimum absolute atomic E-state index is 0.0331. The lowest BCUT2D eigenvalue weighted by Gasteiger charge is -2.07. The Morgan fingerprint density at radius 1 is 0.875 bits per heavy atom. The van der Waals surface area contributed by atoms with Gasteiger partial charge in [0.25, 0.3) is 0 Å². The zero-order chi connectivity index (χ0) is 23.5. The van der Waals surface area contributed by atoms with Gasteiger partial charge >= 0.3 is 10.1 Å². The SMILES string of the molecule is CCCCCCCCC=CCCCCCCCC(=O)Nc1ccc(OCS(=O)(=O)O)cc1. The van der Waals surface area contributed by atoms with E-state index in [-0.39, 0.29) is 5.91 Å². The van der Waals surface area contributed by atoms with Crippen LogP contribution in [0.15, 0.2) is 36.4 Å². The molecule has 0 aliphatic carbocycles. The summed E-state index contributed by atoms with van der Waals surface area (Å²) in [7, 11) is -4.18. The van der Waals surface area contributed by atoms with Crippen molar-refractivity contribution in [2.24, 2.45) is 0 Å². The number of benzene rings is 1. The highest BCUT2D eigenvalue weighted by Crippen LogP contribution is 2.17. The van der Waals surface area contributed by atoms with E-state index in [2.05, 4.69) is 24.4 Å². The zero-order valence-corrected chi connectivity index (χ0v) is 20.4. The quantitative estimate of drug-likeness (QED) is 0.131. The van der Waals surface area contributed by atoms with Gasteiger partial charge in [0.15, 0.2) is 0 Å². The van der Waals surface area contributed by atoms with Gasteiger partial charge in [-0.3, -0.25) is 9.35 Å². The Bertz CT molecular complexity index is 744. The highest BCUT2D eigenvalue weighted by Gasteiger charge is 2.06. The van der Waals surface area contributed by atoms with E-state index >= 15 is 0 Å². The normalized spacial score (nSPS) is 11.7. The molecule has 0 aromatic heterocycles. The Kier molecular flexibility index (Phi) is 15.6. The van der Waals surface area contributed by atoms with Crippen LogP contribution in [0.25, 0.3) is 0 Å². The van der Waals surface area contributed by atoms with Crippen LogP contribution >= 0.6 is 0 Å². The molecule has 0 spiro atoms. The van der Waals surface area contributed by atoms with E-state index in [1.54, 1.807) is 24.3 Å². The van der Waals surface area contributed by atoms with Crippen LogP contribution in [0.3, 0.4) is 0 Å². The second kappa shape index (κ2) is 17.7. The molecule has 2 N–H and O–H groups in total. The number of ether oxygens (including phenoxy) is 1. The highest BCUT2D eigenvalue weighted by atomic mass is 32.2. The van der Waals surface area contributed by atoms with Crippen molar-refractivity contribution in [1.82, 2.24) is 0 Å². The van der Waals surface area contributed by atoms with Gasteiger partial charge in [0.05, 0.1) is 0 Å². The molecule has 1 aromatic rings. The Balaban J connectivity index is 1.99. The van der Waals surface area contributed by atoms with E-state index in [9.17, 15) is 13.2 Å². The smallest absolute Gasteiger partial charge is 0.300 e. The zero-order valence-electron chi connectivity index (χ0n) is 19.6. The number of anilines is 1. The standard InChI is InChI=1S/C25H41NO5S/c1-2-3-4-5-6-7-8-9-10-11-12-13-14-15-16-17-25(27)26-23-18-20-24(21-19-23)31-22-32(28,29)30/h9-10,18-21H,2-8,11-17,22H2,1H3,(H,26,27)(H,28,29,30). The molecule has 6 nitrogen and oxygen atoms in total. The number of rotatable bonds is 19. The van der Waals surface area contributed by atoms with Crippen molar-refractivity contribution in [3.63, 3.8) is 0 Å². The van der Waals surface area contributed by atoms with Crippen LogP contribution in [0.2, 0.25) is 0 Å². The summed E-state index contributed by atoms with van der Waals surface area (Å²) in [6.07, 6.45) is 21.1. The summed E-state index contributed by atoms with van der Waals surface area (Å²) in [6.45, 7) is 2.25. The van der Waals surface area contributed by atoms with Crippen molar-refractivity contribution in [2.75, 3.05) is 11.3 Å². The fourth-order valence-corrected chi connectivity index (χ4v) is 3.64. The summed E-state index contributed by atoms with van der Waals surface area (Å²) < 4.78 is 34.9. The Hall–Kier alpha value is -1.86. The maximum Gasteiger partial charge on any atom is 0.300 e. The molecule has 0 fully saturated rings. The maximum absolute atomic E-state index is 12.0. The number of hydrogen-bond donors (Lipinski definition) is 2. The van der Waals surface area contributed by atoms with E-state index in [0.717, 1.165) is 25.7 Å². The van der Waals surface area contributed by atoms with Crippen LogP contribution in [0, 0.1) is 0 Å². The summed E-state index contributed by atoms with van der Waals surface area (Å²) in [4.78, 5) is 12.0. The Morgan fingerprint density at radius 2 is 1.41 bits per heavy atom. The van der Waals surface area contributed by atoms with Gasteiger partial charge in [-0.15, -0.1) is 0 Å². The fraction of sp³-hybridized carbons (Fsp3) is 0.640. The first-order valence-corrected chi connectivity index (χ1v) is 13.6. The van der Waals surface area contributed by atoms with E-state index in [0.29, 0.717) is 17.9 Å². The molecule has 1 rings (SSSR count). The molecular formula is C25H41NO5S. The van der Waals surface area contributed by atoms with Crippen molar-refractivity contribution >= 4 is 21.7 Å². The van der Waals surface area contributed by atoms with Gasteiger partial charge in [0.1, 0.15) is 5.75 Å². The largest absolute Gasteiger partial charge is 0.475 e. The summed E-state index contributed by atoms with van der Waals surface area (Å²) in [5, 5.41) is 2.82. The first-order valence-electron chi connectivity index (χ1n) is 12.0. The molecular weight excluding hydrogens is 426 g/mol. The minimum atomic E-state index is -4.18. The number of amides is 1. The van der Waals surface area contributed by atoms with Gasteiger partial charge in [0, 0.05) is 12.1 Å². The molecule has 0 radical (unpaired) electrons. The van der Waals surface area contributed by atoms with E-state index in [1.165, 1.54) is 57.8 Å². The van der Waals surface area contributed by atoms with Gasteiger partial charge < -0.3 is 10.1 Å². The lowest BCUT2D eigenvalue weighted by Crippen LogP contribution is -2.11. The number of carbonyl (C=O) groups is 1. The second-order valence-electron chi connectivity index (χ2n) is 8.25. The van der Waals surface area contributed by atoms with E-state index in [1.807, 2.05) is 0 Å². The summed E-state index contributed by atoms with van der Waals surface area (Å²) in [6, 6.07) is 6.36. The molecule has 0 saturated heterocycles. The molecule has 0 heterocycles. The lowest BCUT2D eigenvalue weighted by atomic mass is 10.1. The molecule has 7 heteroatoms. The molecule has 0 unspecified atom stereocenters. The molecule has 0 aliphatic rings. The topological polar surface area (TPSA) is 92.7 Å². The van der Waals surface area contributed by atoms with Crippen LogP contribution in [0.5, 0.6) is 5.75 Å². The first kappa shape index (κ1) is 28.2. The minimum Gasteiger partial charge on any atom is -0.475 e. The van der Waals surface area contributed by atoms with E-state index < -0.39 is 16.1 Å². The van der Waals surface area contributed by atoms with Gasteiger partial charge in [0.2, 0.25) is 11.8 Å². The predicted molar refractivity (Wildman–Crippen MR) is 132 cm³/mol. The van der Waals surface area contributed by atoms with Gasteiger partial charge in [-0.1, -0.05) is 70.4 Å².